The van der Waals surface area contributed by atoms with Crippen molar-refractivity contribution in [2.24, 2.45) is 5.92 Å². The Morgan fingerprint density at radius 2 is 2.06 bits per heavy atom. The van der Waals surface area contributed by atoms with Crippen molar-refractivity contribution < 1.29 is 4.79 Å². The molecule has 0 saturated carbocycles. The molecule has 164 valence electrons. The first kappa shape index (κ1) is 20.6. The zero-order valence-corrected chi connectivity index (χ0v) is 18.4. The first-order chi connectivity index (χ1) is 16.0. The van der Waals surface area contributed by atoms with Crippen LogP contribution in [0.2, 0.25) is 0 Å². The van der Waals surface area contributed by atoms with Gasteiger partial charge in [-0.1, -0.05) is 0 Å². The molecule has 0 bridgehead atoms. The number of aromatic nitrogens is 5. The molecular formula is C24H22N8O. The number of hydrogen-bond acceptors (Lipinski definition) is 8. The number of fused-ring (bicyclic) bond motifs is 1. The molecule has 3 aromatic heterocycles. The molecule has 0 radical (unpaired) electrons. The quantitative estimate of drug-likeness (QED) is 0.468. The van der Waals surface area contributed by atoms with Crippen LogP contribution in [0.3, 0.4) is 0 Å². The number of imidazole rings is 1. The Labute approximate surface area is 190 Å². The lowest BCUT2D eigenvalue weighted by Crippen LogP contribution is -2.23. The van der Waals surface area contributed by atoms with E-state index in [0.29, 0.717) is 36.1 Å². The lowest BCUT2D eigenvalue weighted by atomic mass is 10.1. The van der Waals surface area contributed by atoms with E-state index in [9.17, 15) is 10.1 Å². The fourth-order valence-electron chi connectivity index (χ4n) is 4.03. The number of carbonyl (C=O) groups excluding carboxylic acids is 1. The van der Waals surface area contributed by atoms with Crippen LogP contribution in [0.15, 0.2) is 48.8 Å². The van der Waals surface area contributed by atoms with Crippen molar-refractivity contribution in [2.45, 2.75) is 20.3 Å². The maximum absolute atomic E-state index is 12.2. The van der Waals surface area contributed by atoms with Crippen molar-refractivity contribution in [3.8, 4) is 11.9 Å². The molecule has 1 saturated heterocycles. The zero-order chi connectivity index (χ0) is 22.9. The molecule has 1 aromatic carbocycles. The second kappa shape index (κ2) is 8.31. The minimum absolute atomic E-state index is 0.0464. The second-order valence-corrected chi connectivity index (χ2v) is 8.16. The second-order valence-electron chi connectivity index (χ2n) is 8.16. The number of rotatable bonds is 5. The lowest BCUT2D eigenvalue weighted by Gasteiger charge is -2.20. The molecule has 33 heavy (non-hydrogen) atoms. The van der Waals surface area contributed by atoms with E-state index in [1.165, 1.54) is 6.92 Å². The van der Waals surface area contributed by atoms with Crippen LogP contribution in [0, 0.1) is 24.2 Å². The van der Waals surface area contributed by atoms with Crippen LogP contribution in [0.4, 0.5) is 17.3 Å². The number of carbonyl (C=O) groups is 1. The Kier molecular flexibility index (Phi) is 5.18. The van der Waals surface area contributed by atoms with E-state index >= 15 is 0 Å². The summed E-state index contributed by atoms with van der Waals surface area (Å²) < 4.78 is 1.90. The summed E-state index contributed by atoms with van der Waals surface area (Å²) in [6.07, 6.45) is 2.50. The molecule has 0 aliphatic carbocycles. The van der Waals surface area contributed by atoms with Gasteiger partial charge in [0.25, 0.3) is 0 Å². The van der Waals surface area contributed by atoms with Crippen LogP contribution in [0.1, 0.15) is 29.4 Å². The highest BCUT2D eigenvalue weighted by molar-refractivity contribution is 5.99. The lowest BCUT2D eigenvalue weighted by molar-refractivity contribution is 0.101. The highest BCUT2D eigenvalue weighted by Crippen LogP contribution is 2.28. The summed E-state index contributed by atoms with van der Waals surface area (Å²) >= 11 is 0. The van der Waals surface area contributed by atoms with Crippen molar-refractivity contribution in [2.75, 3.05) is 23.3 Å². The molecule has 9 nitrogen and oxygen atoms in total. The predicted octanol–water partition coefficient (Wildman–Crippen LogP) is 3.82. The number of ketones is 1. The third-order valence-electron chi connectivity index (χ3n) is 5.77. The summed E-state index contributed by atoms with van der Waals surface area (Å²) in [4.78, 5) is 23.6. The number of Topliss-reactive ketones (excluding diaryl/α,β-unsaturated/α-hetero) is 1. The summed E-state index contributed by atoms with van der Waals surface area (Å²) in [7, 11) is 0. The van der Waals surface area contributed by atoms with Gasteiger partial charge in [0.15, 0.2) is 11.6 Å². The number of anilines is 3. The van der Waals surface area contributed by atoms with E-state index in [4.69, 9.17) is 4.98 Å². The summed E-state index contributed by atoms with van der Waals surface area (Å²) in [6, 6.07) is 15.6. The first-order valence-electron chi connectivity index (χ1n) is 10.7. The third-order valence-corrected chi connectivity index (χ3v) is 5.77. The van der Waals surface area contributed by atoms with Crippen LogP contribution in [0.25, 0.3) is 16.9 Å². The van der Waals surface area contributed by atoms with Gasteiger partial charge in [0.05, 0.1) is 34.3 Å². The summed E-state index contributed by atoms with van der Waals surface area (Å²) in [5.41, 5.74) is 3.96. The van der Waals surface area contributed by atoms with Crippen LogP contribution >= 0.6 is 0 Å². The number of benzene rings is 1. The maximum Gasteiger partial charge on any atom is 0.163 e. The van der Waals surface area contributed by atoms with Crippen molar-refractivity contribution in [3.63, 3.8) is 0 Å². The molecule has 1 aliphatic rings. The molecular weight excluding hydrogens is 416 g/mol. The standard InChI is InChI=1S/C24H22N8O/c1-15-3-7-22(30-29-15)27-18-4-6-21-20(11-18)26-14-32(21)23-8-5-19(16(2)33)24(28-23)31-10-9-17(12-25)13-31/h3-8,11,14,17H,9-10,13H2,1-2H3,(H,27,30)/t17-/m0/s1. The van der Waals surface area contributed by atoms with Crippen molar-refractivity contribution in [1.82, 2.24) is 24.7 Å². The van der Waals surface area contributed by atoms with Crippen LogP contribution in [-0.2, 0) is 0 Å². The van der Waals surface area contributed by atoms with Crippen molar-refractivity contribution in [3.05, 3.63) is 60.0 Å². The first-order valence-corrected chi connectivity index (χ1v) is 10.7. The number of pyridine rings is 1. The van der Waals surface area contributed by atoms with Crippen LogP contribution in [-0.4, -0.2) is 43.6 Å². The Morgan fingerprint density at radius 3 is 2.79 bits per heavy atom. The van der Waals surface area contributed by atoms with Gasteiger partial charge in [-0.15, -0.1) is 5.10 Å². The number of hydrogen-bond donors (Lipinski definition) is 1. The zero-order valence-electron chi connectivity index (χ0n) is 18.4. The largest absolute Gasteiger partial charge is 0.355 e. The summed E-state index contributed by atoms with van der Waals surface area (Å²) in [5.74, 6) is 1.86. The molecule has 1 atom stereocenters. The fraction of sp³-hybridized carbons (Fsp3) is 0.250. The molecule has 1 fully saturated rings. The van der Waals surface area contributed by atoms with E-state index in [0.717, 1.165) is 28.8 Å². The van der Waals surface area contributed by atoms with Gasteiger partial charge in [-0.25, -0.2) is 9.97 Å². The Balaban J connectivity index is 1.48. The topological polar surface area (TPSA) is 113 Å². The molecule has 4 heterocycles. The third kappa shape index (κ3) is 3.99. The average Bonchev–Trinajstić information content (AvgIpc) is 3.47. The molecule has 0 amide bonds. The van der Waals surface area contributed by atoms with Gasteiger partial charge in [0.2, 0.25) is 0 Å². The molecule has 0 spiro atoms. The number of nitrogens with one attached hydrogen (secondary N) is 1. The highest BCUT2D eigenvalue weighted by Gasteiger charge is 2.26. The van der Waals surface area contributed by atoms with E-state index in [1.54, 1.807) is 12.4 Å². The molecule has 9 heteroatoms. The smallest absolute Gasteiger partial charge is 0.163 e. The Hall–Kier alpha value is -4.32. The summed E-state index contributed by atoms with van der Waals surface area (Å²) in [6.45, 7) is 4.71. The predicted molar refractivity (Wildman–Crippen MR) is 125 cm³/mol. The fourth-order valence-corrected chi connectivity index (χ4v) is 4.03. The Morgan fingerprint density at radius 1 is 1.18 bits per heavy atom. The van der Waals surface area contributed by atoms with Gasteiger partial charge < -0.3 is 10.2 Å². The van der Waals surface area contributed by atoms with Crippen molar-refractivity contribution in [1.29, 1.82) is 5.26 Å². The normalized spacial score (nSPS) is 15.5. The molecule has 1 N–H and O–H groups in total. The van der Waals surface area contributed by atoms with E-state index < -0.39 is 0 Å². The van der Waals surface area contributed by atoms with Gasteiger partial charge in [-0.3, -0.25) is 9.36 Å². The van der Waals surface area contributed by atoms with E-state index in [1.807, 2.05) is 52.8 Å². The minimum Gasteiger partial charge on any atom is -0.355 e. The van der Waals surface area contributed by atoms with Crippen LogP contribution < -0.4 is 10.2 Å². The minimum atomic E-state index is -0.0477. The monoisotopic (exact) mass is 438 g/mol. The van der Waals surface area contributed by atoms with Crippen LogP contribution in [0.5, 0.6) is 0 Å². The summed E-state index contributed by atoms with van der Waals surface area (Å²) in [5, 5.41) is 20.7. The van der Waals surface area contributed by atoms with Gasteiger partial charge >= 0.3 is 0 Å². The average molecular weight is 438 g/mol. The molecule has 0 unspecified atom stereocenters. The van der Waals surface area contributed by atoms with Gasteiger partial charge in [0.1, 0.15) is 18.0 Å². The number of aryl methyl sites for hydroxylation is 1. The van der Waals surface area contributed by atoms with Crippen molar-refractivity contribution >= 4 is 34.1 Å². The molecule has 4 aromatic rings. The number of nitriles is 1. The van der Waals surface area contributed by atoms with Gasteiger partial charge in [-0.2, -0.15) is 10.4 Å². The molecule has 1 aliphatic heterocycles. The maximum atomic E-state index is 12.2. The Bertz CT molecular complexity index is 1390. The van der Waals surface area contributed by atoms with Gasteiger partial charge in [0, 0.05) is 18.8 Å². The number of nitrogens with zero attached hydrogens (tertiary/aromatic N) is 7. The molecule has 5 rings (SSSR count). The highest BCUT2D eigenvalue weighted by atomic mass is 16.1. The van der Waals surface area contributed by atoms with E-state index in [-0.39, 0.29) is 11.7 Å². The van der Waals surface area contributed by atoms with E-state index in [2.05, 4.69) is 26.6 Å². The van der Waals surface area contributed by atoms with Gasteiger partial charge in [-0.05, 0) is 62.7 Å². The SMILES string of the molecule is CC(=O)c1ccc(-n2cnc3cc(Nc4ccc(C)nn4)ccc32)nc1N1CC[C@@H](C#N)C1.